The lowest BCUT2D eigenvalue weighted by molar-refractivity contribution is -0.131. The first-order valence-electron chi connectivity index (χ1n) is 13.5. The fourth-order valence-electron chi connectivity index (χ4n) is 4.70. The molecule has 2 atom stereocenters. The second kappa shape index (κ2) is 16.7. The lowest BCUT2D eigenvalue weighted by Crippen LogP contribution is -2.67. The van der Waals surface area contributed by atoms with Gasteiger partial charge in [-0.25, -0.2) is 4.79 Å². The normalized spacial score (nSPS) is 15.3. The quantitative estimate of drug-likeness (QED) is 0.0967. The molecule has 1 N–H and O–H groups in total. The number of carbonyl (C=O) groups is 1. The van der Waals surface area contributed by atoms with E-state index in [0.717, 1.165) is 30.1 Å². The van der Waals surface area contributed by atoms with Crippen molar-refractivity contribution in [2.75, 3.05) is 7.11 Å². The molecule has 0 aliphatic heterocycles. The summed E-state index contributed by atoms with van der Waals surface area (Å²) in [6.07, 6.45) is 14.1. The topological polar surface area (TPSA) is 55.8 Å². The Kier molecular flexibility index (Phi) is 14.0. The number of methoxy groups -OCH3 is 1. The molecule has 0 aliphatic carbocycles. The highest BCUT2D eigenvalue weighted by Gasteiger charge is 2.51. The molecule has 0 spiro atoms. The number of ether oxygens (including phenoxy) is 1. The van der Waals surface area contributed by atoms with Crippen molar-refractivity contribution >= 4 is 47.3 Å². The Morgan fingerprint density at radius 3 is 1.98 bits per heavy atom. The maximum atomic E-state index is 10.6. The number of carboxylic acid groups (broad SMARTS) is 1. The number of benzene rings is 2. The number of aliphatic carboxylic acids is 1. The van der Waals surface area contributed by atoms with Crippen LogP contribution in [0.5, 0.6) is 0 Å². The summed E-state index contributed by atoms with van der Waals surface area (Å²) < 4.78 is 15.4. The Bertz CT molecular complexity index is 1170. The number of rotatable bonds is 14. The van der Waals surface area contributed by atoms with Crippen molar-refractivity contribution in [2.45, 2.75) is 64.7 Å². The van der Waals surface area contributed by atoms with Crippen LogP contribution in [0.3, 0.4) is 0 Å². The smallest absolute Gasteiger partial charge is 0.328 e. The molecule has 0 aliphatic rings. The van der Waals surface area contributed by atoms with Crippen LogP contribution in [0, 0.1) is 0 Å². The third-order valence-electron chi connectivity index (χ3n) is 6.77. The zero-order chi connectivity index (χ0) is 29.6. The lowest BCUT2D eigenvalue weighted by atomic mass is 10.1. The molecule has 0 aromatic heterocycles. The summed E-state index contributed by atoms with van der Waals surface area (Å²) in [4.78, 5) is 10.6. The molecule has 0 fully saturated rings. The molecule has 0 radical (unpaired) electrons. The number of halogens is 1. The molecule has 0 heterocycles. The fraction of sp³-hybridized carbons (Fsp3) is 0.324. The first-order valence-corrected chi connectivity index (χ1v) is 16.7. The molecule has 0 saturated carbocycles. The first-order chi connectivity index (χ1) is 19.0. The summed E-state index contributed by atoms with van der Waals surface area (Å²) in [6, 6.07) is 21.4. The second-order valence-corrected chi connectivity index (χ2v) is 15.8. The zero-order valence-electron chi connectivity index (χ0n) is 24.5. The van der Waals surface area contributed by atoms with E-state index >= 15 is 0 Å². The van der Waals surface area contributed by atoms with E-state index in [1.807, 2.05) is 23.2 Å². The van der Waals surface area contributed by atoms with Gasteiger partial charge in [-0.15, -0.1) is 0 Å². The van der Waals surface area contributed by atoms with E-state index in [1.165, 1.54) is 16.4 Å². The molecule has 2 rings (SSSR count). The summed E-state index contributed by atoms with van der Waals surface area (Å²) in [5, 5.41) is 11.2. The zero-order valence-corrected chi connectivity index (χ0v) is 27.7. The minimum absolute atomic E-state index is 0.0192. The molecule has 2 aromatic rings. The molecule has 0 saturated heterocycles. The second-order valence-electron chi connectivity index (χ2n) is 10.9. The highest BCUT2D eigenvalue weighted by Crippen LogP contribution is 2.38. The van der Waals surface area contributed by atoms with Gasteiger partial charge in [-0.3, -0.25) is 0 Å². The SMILES string of the molecule is CO[C@@H](C\C=C(C)/C=C/C(C)=C\C=C\C(=O)O)C[C@@H](/C=C/I)O[Si](c1ccccc1)(c1ccccc1)C(C)(C)C. The summed E-state index contributed by atoms with van der Waals surface area (Å²) in [7, 11) is -0.940. The van der Waals surface area contributed by atoms with Crippen molar-refractivity contribution in [2.24, 2.45) is 0 Å². The molecular weight excluding hydrogens is 627 g/mol. The monoisotopic (exact) mass is 670 g/mol. The first kappa shape index (κ1) is 33.7. The van der Waals surface area contributed by atoms with Gasteiger partial charge in [-0.05, 0) is 39.8 Å². The van der Waals surface area contributed by atoms with Crippen molar-refractivity contribution in [3.63, 3.8) is 0 Å². The van der Waals surface area contributed by atoms with Gasteiger partial charge in [0, 0.05) is 19.6 Å². The van der Waals surface area contributed by atoms with Gasteiger partial charge >= 0.3 is 5.97 Å². The molecule has 6 heteroatoms. The summed E-state index contributed by atoms with van der Waals surface area (Å²) in [5.74, 6) is -0.954. The van der Waals surface area contributed by atoms with Crippen LogP contribution in [0.2, 0.25) is 5.04 Å². The van der Waals surface area contributed by atoms with Crippen LogP contribution in [-0.4, -0.2) is 38.7 Å². The Balaban J connectivity index is 2.33. The predicted molar refractivity (Wildman–Crippen MR) is 179 cm³/mol. The third-order valence-corrected chi connectivity index (χ3v) is 12.2. The summed E-state index contributed by atoms with van der Waals surface area (Å²) in [6.45, 7) is 10.9. The number of allylic oxidation sites excluding steroid dienone is 6. The van der Waals surface area contributed by atoms with Crippen molar-refractivity contribution in [1.82, 2.24) is 0 Å². The highest BCUT2D eigenvalue weighted by molar-refractivity contribution is 14.1. The van der Waals surface area contributed by atoms with Crippen LogP contribution in [0.15, 0.2) is 118 Å². The van der Waals surface area contributed by atoms with E-state index in [4.69, 9.17) is 14.3 Å². The standard InChI is InChI=1S/C34H43IO4Si/c1-27(14-13-19-33(36)37)20-21-28(2)22-23-29(38-6)26-30(24-25-35)39-40(34(3,4)5,31-15-9-7-10-16-31)32-17-11-8-12-18-32/h7-22,24-25,29-30H,23,26H2,1-6H3,(H,36,37)/b19-13+,21-20+,25-24+,27-14-,28-22-/t29-,30+/m0/s1. The maximum absolute atomic E-state index is 10.6. The molecule has 4 nitrogen and oxygen atoms in total. The Morgan fingerprint density at radius 2 is 1.50 bits per heavy atom. The van der Waals surface area contributed by atoms with Crippen molar-refractivity contribution in [1.29, 1.82) is 0 Å². The predicted octanol–water partition coefficient (Wildman–Crippen LogP) is 7.77. The number of carboxylic acids is 1. The van der Waals surface area contributed by atoms with Gasteiger partial charge in [0.1, 0.15) is 0 Å². The van der Waals surface area contributed by atoms with Crippen LogP contribution < -0.4 is 10.4 Å². The van der Waals surface area contributed by atoms with Gasteiger partial charge in [0.2, 0.25) is 0 Å². The molecule has 0 unspecified atom stereocenters. The molecule has 40 heavy (non-hydrogen) atoms. The van der Waals surface area contributed by atoms with E-state index in [-0.39, 0.29) is 17.2 Å². The van der Waals surface area contributed by atoms with Crippen LogP contribution in [0.25, 0.3) is 0 Å². The van der Waals surface area contributed by atoms with E-state index < -0.39 is 14.3 Å². The average Bonchev–Trinajstić information content (AvgIpc) is 2.92. The van der Waals surface area contributed by atoms with Gasteiger partial charge in [0.05, 0.1) is 12.2 Å². The van der Waals surface area contributed by atoms with Crippen LogP contribution in [0.1, 0.15) is 47.5 Å². The van der Waals surface area contributed by atoms with Gasteiger partial charge < -0.3 is 14.3 Å². The van der Waals surface area contributed by atoms with E-state index in [2.05, 4.69) is 123 Å². The van der Waals surface area contributed by atoms with E-state index in [9.17, 15) is 4.79 Å². The Labute approximate surface area is 255 Å². The molecule has 0 bridgehead atoms. The highest BCUT2D eigenvalue weighted by atomic mass is 127. The number of hydrogen-bond acceptors (Lipinski definition) is 3. The van der Waals surface area contributed by atoms with Crippen LogP contribution >= 0.6 is 22.6 Å². The summed E-state index contributed by atoms with van der Waals surface area (Å²) in [5.41, 5.74) is 2.09. The van der Waals surface area contributed by atoms with Gasteiger partial charge in [0.15, 0.2) is 0 Å². The van der Waals surface area contributed by atoms with Crippen molar-refractivity contribution in [3.8, 4) is 0 Å². The van der Waals surface area contributed by atoms with Crippen LogP contribution in [0.4, 0.5) is 0 Å². The van der Waals surface area contributed by atoms with Crippen molar-refractivity contribution in [3.05, 3.63) is 118 Å². The average molecular weight is 671 g/mol. The van der Waals surface area contributed by atoms with E-state index in [0.29, 0.717) is 0 Å². The number of hydrogen-bond donors (Lipinski definition) is 1. The minimum atomic E-state index is -2.70. The minimum Gasteiger partial charge on any atom is -0.478 e. The molecule has 214 valence electrons. The third kappa shape index (κ3) is 10.1. The maximum Gasteiger partial charge on any atom is 0.328 e. The molecule has 0 amide bonds. The van der Waals surface area contributed by atoms with E-state index in [1.54, 1.807) is 13.2 Å². The largest absolute Gasteiger partial charge is 0.478 e. The van der Waals surface area contributed by atoms with Gasteiger partial charge in [-0.1, -0.05) is 152 Å². The summed E-state index contributed by atoms with van der Waals surface area (Å²) >= 11 is 2.28. The lowest BCUT2D eigenvalue weighted by Gasteiger charge is -2.45. The van der Waals surface area contributed by atoms with Crippen LogP contribution in [-0.2, 0) is 14.0 Å². The fourth-order valence-corrected chi connectivity index (χ4v) is 9.81. The molecule has 2 aromatic carbocycles. The van der Waals surface area contributed by atoms with Gasteiger partial charge in [0.25, 0.3) is 8.32 Å². The Morgan fingerprint density at radius 1 is 0.950 bits per heavy atom. The van der Waals surface area contributed by atoms with Crippen molar-refractivity contribution < 1.29 is 19.1 Å². The van der Waals surface area contributed by atoms with Gasteiger partial charge in [-0.2, -0.15) is 0 Å². The molecular formula is C34H43IO4Si. The Hall–Kier alpha value is -2.52.